The fourth-order valence-electron chi connectivity index (χ4n) is 2.38. The van der Waals surface area contributed by atoms with Crippen LogP contribution < -0.4 is 9.47 Å². The van der Waals surface area contributed by atoms with Crippen LogP contribution in [0.5, 0.6) is 11.5 Å². The number of aryl methyl sites for hydroxylation is 1. The van der Waals surface area contributed by atoms with E-state index >= 15 is 0 Å². The van der Waals surface area contributed by atoms with E-state index in [-0.39, 0.29) is 0 Å². The summed E-state index contributed by atoms with van der Waals surface area (Å²) in [5.41, 5.74) is 3.95. The minimum absolute atomic E-state index is 0.577. The lowest BCUT2D eigenvalue weighted by Gasteiger charge is -2.04. The quantitative estimate of drug-likeness (QED) is 0.451. The summed E-state index contributed by atoms with van der Waals surface area (Å²) in [4.78, 5) is 0. The molecule has 0 atom stereocenters. The van der Waals surface area contributed by atoms with Gasteiger partial charge in [0.05, 0.1) is 31.3 Å². The third kappa shape index (κ3) is 4.98. The molecule has 0 radical (unpaired) electrons. The van der Waals surface area contributed by atoms with E-state index in [1.54, 1.807) is 26.4 Å². The summed E-state index contributed by atoms with van der Waals surface area (Å²) in [6, 6.07) is 20.6. The van der Waals surface area contributed by atoms with Crippen molar-refractivity contribution in [1.82, 2.24) is 0 Å². The molecule has 3 rings (SSSR count). The van der Waals surface area contributed by atoms with Gasteiger partial charge in [-0.25, -0.2) is 0 Å². The Morgan fingerprint density at radius 3 is 1.96 bits per heavy atom. The second kappa shape index (κ2) is 8.71. The number of ether oxygens (including phenoxy) is 2. The lowest BCUT2D eigenvalue weighted by atomic mass is 10.2. The molecule has 3 aromatic rings. The minimum Gasteiger partial charge on any atom is -0.497 e. The second-order valence-electron chi connectivity index (χ2n) is 5.79. The number of hydrogen-bond donors (Lipinski definition) is 0. The molecular weight excluding hydrogens is 340 g/mol. The van der Waals surface area contributed by atoms with Crippen LogP contribution in [0.4, 0.5) is 22.7 Å². The summed E-state index contributed by atoms with van der Waals surface area (Å²) in [6.07, 6.45) is 0. The van der Waals surface area contributed by atoms with Crippen molar-refractivity contribution in [3.8, 4) is 11.5 Å². The van der Waals surface area contributed by atoms with Gasteiger partial charge in [0.2, 0.25) is 0 Å². The Balaban J connectivity index is 1.78. The van der Waals surface area contributed by atoms with E-state index < -0.39 is 0 Å². The molecule has 0 aliphatic carbocycles. The Morgan fingerprint density at radius 2 is 1.30 bits per heavy atom. The highest BCUT2D eigenvalue weighted by Crippen LogP contribution is 2.33. The molecular formula is C21H20N4O2. The first-order valence-corrected chi connectivity index (χ1v) is 8.40. The Morgan fingerprint density at radius 1 is 0.630 bits per heavy atom. The maximum atomic E-state index is 5.41. The number of hydrogen-bond acceptors (Lipinski definition) is 6. The number of rotatable bonds is 6. The molecule has 0 heterocycles. The van der Waals surface area contributed by atoms with Gasteiger partial charge >= 0.3 is 0 Å². The van der Waals surface area contributed by atoms with Crippen molar-refractivity contribution in [2.24, 2.45) is 20.5 Å². The molecule has 0 N–H and O–H groups in total. The third-order valence-electron chi connectivity index (χ3n) is 3.79. The monoisotopic (exact) mass is 360 g/mol. The van der Waals surface area contributed by atoms with Crippen LogP contribution in [0.3, 0.4) is 0 Å². The maximum absolute atomic E-state index is 5.41. The second-order valence-corrected chi connectivity index (χ2v) is 5.79. The number of methoxy groups -OCH3 is 2. The molecule has 6 heteroatoms. The van der Waals surface area contributed by atoms with Gasteiger partial charge in [-0.15, -0.1) is 5.11 Å². The SMILES string of the molecule is COc1ccc(N=Nc2ccc(N=Nc3cccc(C)c3)cc2OC)cc1. The van der Waals surface area contributed by atoms with Crippen LogP contribution in [0.15, 0.2) is 87.2 Å². The van der Waals surface area contributed by atoms with Gasteiger partial charge in [-0.3, -0.25) is 0 Å². The van der Waals surface area contributed by atoms with Crippen LogP contribution in [0.25, 0.3) is 0 Å². The average molecular weight is 360 g/mol. The van der Waals surface area contributed by atoms with Gasteiger partial charge in [-0.05, 0) is 61.0 Å². The van der Waals surface area contributed by atoms with E-state index in [0.29, 0.717) is 17.1 Å². The molecule has 3 aromatic carbocycles. The van der Waals surface area contributed by atoms with Crippen molar-refractivity contribution in [3.63, 3.8) is 0 Å². The van der Waals surface area contributed by atoms with Gasteiger partial charge in [0.25, 0.3) is 0 Å². The molecule has 0 fully saturated rings. The first kappa shape index (κ1) is 18.3. The first-order chi connectivity index (χ1) is 13.2. The highest BCUT2D eigenvalue weighted by atomic mass is 16.5. The molecule has 0 saturated carbocycles. The smallest absolute Gasteiger partial charge is 0.148 e. The highest BCUT2D eigenvalue weighted by Gasteiger charge is 2.04. The molecule has 0 aliphatic heterocycles. The molecule has 0 aliphatic rings. The summed E-state index contributed by atoms with van der Waals surface area (Å²) >= 11 is 0. The fourth-order valence-corrected chi connectivity index (χ4v) is 2.38. The largest absolute Gasteiger partial charge is 0.497 e. The summed E-state index contributed by atoms with van der Waals surface area (Å²) in [6.45, 7) is 2.02. The van der Waals surface area contributed by atoms with Gasteiger partial charge in [-0.1, -0.05) is 12.1 Å². The van der Waals surface area contributed by atoms with Crippen molar-refractivity contribution in [2.75, 3.05) is 14.2 Å². The standard InChI is InChI=1S/C21H20N4O2/c1-15-5-4-6-17(13-15)23-24-18-9-12-20(21(14-18)27-3)25-22-16-7-10-19(26-2)11-8-16/h4-14H,1-3H3. The minimum atomic E-state index is 0.577. The number of benzene rings is 3. The van der Waals surface area contributed by atoms with Crippen LogP contribution in [-0.4, -0.2) is 14.2 Å². The van der Waals surface area contributed by atoms with Crippen LogP contribution in [-0.2, 0) is 0 Å². The third-order valence-corrected chi connectivity index (χ3v) is 3.79. The lowest BCUT2D eigenvalue weighted by molar-refractivity contribution is 0.414. The van der Waals surface area contributed by atoms with E-state index in [1.165, 1.54) is 0 Å². The zero-order valence-corrected chi connectivity index (χ0v) is 15.5. The summed E-state index contributed by atoms with van der Waals surface area (Å²) in [7, 11) is 3.21. The molecule has 6 nitrogen and oxygen atoms in total. The van der Waals surface area contributed by atoms with E-state index in [0.717, 1.165) is 22.7 Å². The van der Waals surface area contributed by atoms with Gasteiger partial charge in [0.15, 0.2) is 0 Å². The molecule has 27 heavy (non-hydrogen) atoms. The van der Waals surface area contributed by atoms with Crippen LogP contribution in [0, 0.1) is 6.92 Å². The van der Waals surface area contributed by atoms with Gasteiger partial charge < -0.3 is 9.47 Å². The maximum Gasteiger partial charge on any atom is 0.148 e. The Hall–Kier alpha value is -3.54. The topological polar surface area (TPSA) is 67.9 Å². The van der Waals surface area contributed by atoms with E-state index in [4.69, 9.17) is 9.47 Å². The highest BCUT2D eigenvalue weighted by molar-refractivity contribution is 5.59. The Kier molecular flexibility index (Phi) is 5.89. The van der Waals surface area contributed by atoms with Crippen LogP contribution in [0.2, 0.25) is 0 Å². The van der Waals surface area contributed by atoms with Crippen molar-refractivity contribution in [3.05, 3.63) is 72.3 Å². The van der Waals surface area contributed by atoms with E-state index in [2.05, 4.69) is 20.5 Å². The van der Waals surface area contributed by atoms with E-state index in [9.17, 15) is 0 Å². The molecule has 0 aromatic heterocycles. The first-order valence-electron chi connectivity index (χ1n) is 8.40. The molecule has 0 unspecified atom stereocenters. The summed E-state index contributed by atoms with van der Waals surface area (Å²) < 4.78 is 10.5. The van der Waals surface area contributed by atoms with Crippen molar-refractivity contribution < 1.29 is 9.47 Å². The van der Waals surface area contributed by atoms with Crippen LogP contribution in [0.1, 0.15) is 5.56 Å². The molecule has 136 valence electrons. The predicted molar refractivity (Wildman–Crippen MR) is 106 cm³/mol. The Bertz CT molecular complexity index is 966. The molecule has 0 amide bonds. The number of azo groups is 2. The van der Waals surface area contributed by atoms with Gasteiger partial charge in [-0.2, -0.15) is 15.3 Å². The predicted octanol–water partition coefficient (Wildman–Crippen LogP) is 6.84. The summed E-state index contributed by atoms with van der Waals surface area (Å²) in [5.74, 6) is 1.35. The van der Waals surface area contributed by atoms with Crippen molar-refractivity contribution in [1.29, 1.82) is 0 Å². The zero-order valence-electron chi connectivity index (χ0n) is 15.5. The van der Waals surface area contributed by atoms with E-state index in [1.807, 2.05) is 61.5 Å². The average Bonchev–Trinajstić information content (AvgIpc) is 2.71. The van der Waals surface area contributed by atoms with Crippen molar-refractivity contribution in [2.45, 2.75) is 6.92 Å². The zero-order chi connectivity index (χ0) is 19.1. The van der Waals surface area contributed by atoms with Crippen LogP contribution >= 0.6 is 0 Å². The molecule has 0 saturated heterocycles. The van der Waals surface area contributed by atoms with Gasteiger partial charge in [0, 0.05) is 6.07 Å². The Labute approximate surface area is 158 Å². The number of nitrogens with zero attached hydrogens (tertiary/aromatic N) is 4. The fraction of sp³-hybridized carbons (Fsp3) is 0.143. The molecule has 0 spiro atoms. The molecule has 0 bridgehead atoms. The lowest BCUT2D eigenvalue weighted by Crippen LogP contribution is -1.82. The normalized spacial score (nSPS) is 11.2. The van der Waals surface area contributed by atoms with Gasteiger partial charge in [0.1, 0.15) is 17.2 Å². The van der Waals surface area contributed by atoms with Crippen molar-refractivity contribution >= 4 is 22.7 Å². The summed E-state index contributed by atoms with van der Waals surface area (Å²) in [5, 5.41) is 17.0.